The second kappa shape index (κ2) is 4.62. The van der Waals surface area contributed by atoms with E-state index >= 15 is 0 Å². The SMILES string of the molecule is CCc1ccc(C(=O)c2sccc2C)cc1. The molecule has 0 aliphatic carbocycles. The minimum atomic E-state index is 0.134. The van der Waals surface area contributed by atoms with Crippen LogP contribution in [0.4, 0.5) is 0 Å². The van der Waals surface area contributed by atoms with Gasteiger partial charge in [0.1, 0.15) is 0 Å². The van der Waals surface area contributed by atoms with Gasteiger partial charge in [0, 0.05) is 5.56 Å². The topological polar surface area (TPSA) is 17.1 Å². The first-order valence-corrected chi connectivity index (χ1v) is 6.28. The zero-order valence-corrected chi connectivity index (χ0v) is 10.3. The molecular weight excluding hydrogens is 216 g/mol. The van der Waals surface area contributed by atoms with Gasteiger partial charge in [0.25, 0.3) is 0 Å². The molecule has 0 aliphatic heterocycles. The van der Waals surface area contributed by atoms with Crippen molar-refractivity contribution >= 4 is 17.1 Å². The molecule has 0 unspecified atom stereocenters. The number of rotatable bonds is 3. The lowest BCUT2D eigenvalue weighted by atomic mass is 10.0. The molecule has 0 saturated carbocycles. The van der Waals surface area contributed by atoms with E-state index in [1.54, 1.807) is 0 Å². The van der Waals surface area contributed by atoms with Crippen LogP contribution >= 0.6 is 11.3 Å². The van der Waals surface area contributed by atoms with Gasteiger partial charge in [-0.1, -0.05) is 31.2 Å². The maximum atomic E-state index is 12.1. The molecule has 1 aromatic heterocycles. The van der Waals surface area contributed by atoms with E-state index in [2.05, 4.69) is 6.92 Å². The summed E-state index contributed by atoms with van der Waals surface area (Å²) in [7, 11) is 0. The Hall–Kier alpha value is -1.41. The quantitative estimate of drug-likeness (QED) is 0.732. The van der Waals surface area contributed by atoms with Gasteiger partial charge >= 0.3 is 0 Å². The predicted molar refractivity (Wildman–Crippen MR) is 68.3 cm³/mol. The highest BCUT2D eigenvalue weighted by Gasteiger charge is 2.12. The first kappa shape index (κ1) is 11.1. The van der Waals surface area contributed by atoms with Gasteiger partial charge < -0.3 is 0 Å². The molecule has 0 amide bonds. The van der Waals surface area contributed by atoms with Crippen LogP contribution in [0, 0.1) is 6.92 Å². The summed E-state index contributed by atoms with van der Waals surface area (Å²) in [5, 5.41) is 1.96. The fraction of sp³-hybridized carbons (Fsp3) is 0.214. The molecule has 0 aliphatic rings. The van der Waals surface area contributed by atoms with Crippen LogP contribution in [-0.4, -0.2) is 5.78 Å². The fourth-order valence-corrected chi connectivity index (χ4v) is 2.52. The van der Waals surface area contributed by atoms with Gasteiger partial charge in [-0.2, -0.15) is 0 Å². The molecule has 2 heteroatoms. The van der Waals surface area contributed by atoms with E-state index in [1.807, 2.05) is 42.6 Å². The Morgan fingerprint density at radius 1 is 1.19 bits per heavy atom. The molecule has 2 aromatic rings. The number of hydrogen-bond acceptors (Lipinski definition) is 2. The molecule has 0 radical (unpaired) electrons. The van der Waals surface area contributed by atoms with Crippen molar-refractivity contribution in [1.29, 1.82) is 0 Å². The molecule has 0 bridgehead atoms. The van der Waals surface area contributed by atoms with E-state index < -0.39 is 0 Å². The summed E-state index contributed by atoms with van der Waals surface area (Å²) in [6, 6.07) is 9.87. The predicted octanol–water partition coefficient (Wildman–Crippen LogP) is 3.85. The summed E-state index contributed by atoms with van der Waals surface area (Å²) in [6.07, 6.45) is 1.01. The van der Waals surface area contributed by atoms with Crippen molar-refractivity contribution in [1.82, 2.24) is 0 Å². The third-order valence-corrected chi connectivity index (χ3v) is 3.71. The van der Waals surface area contributed by atoms with Gasteiger partial charge in [0.05, 0.1) is 4.88 Å². The van der Waals surface area contributed by atoms with Crippen LogP contribution in [-0.2, 0) is 6.42 Å². The molecular formula is C14H14OS. The van der Waals surface area contributed by atoms with E-state index in [0.29, 0.717) is 0 Å². The highest BCUT2D eigenvalue weighted by molar-refractivity contribution is 7.12. The lowest BCUT2D eigenvalue weighted by Gasteiger charge is -2.01. The van der Waals surface area contributed by atoms with Crippen LogP contribution in [0.15, 0.2) is 35.7 Å². The van der Waals surface area contributed by atoms with Crippen molar-refractivity contribution < 1.29 is 4.79 Å². The number of aryl methyl sites for hydroxylation is 2. The van der Waals surface area contributed by atoms with E-state index in [9.17, 15) is 4.79 Å². The second-order valence-corrected chi connectivity index (χ2v) is 4.73. The molecule has 82 valence electrons. The molecule has 1 nitrogen and oxygen atoms in total. The number of thiophene rings is 1. The fourth-order valence-electron chi connectivity index (χ4n) is 1.63. The molecule has 0 N–H and O–H groups in total. The molecule has 2 rings (SSSR count). The summed E-state index contributed by atoms with van der Waals surface area (Å²) >= 11 is 1.51. The Labute approximate surface area is 99.8 Å². The van der Waals surface area contributed by atoms with E-state index in [4.69, 9.17) is 0 Å². The number of benzene rings is 1. The monoisotopic (exact) mass is 230 g/mol. The van der Waals surface area contributed by atoms with E-state index in [-0.39, 0.29) is 5.78 Å². The van der Waals surface area contributed by atoms with E-state index in [1.165, 1.54) is 16.9 Å². The van der Waals surface area contributed by atoms with Crippen molar-refractivity contribution in [2.24, 2.45) is 0 Å². The highest BCUT2D eigenvalue weighted by Crippen LogP contribution is 2.20. The zero-order chi connectivity index (χ0) is 11.5. The summed E-state index contributed by atoms with van der Waals surface area (Å²) in [6.45, 7) is 4.09. The first-order valence-electron chi connectivity index (χ1n) is 5.40. The molecule has 1 aromatic carbocycles. The summed E-state index contributed by atoms with van der Waals surface area (Å²) < 4.78 is 0. The van der Waals surface area contributed by atoms with E-state index in [0.717, 1.165) is 22.4 Å². The standard InChI is InChI=1S/C14H14OS/c1-3-11-4-6-12(7-5-11)13(15)14-10(2)8-9-16-14/h4-9H,3H2,1-2H3. The van der Waals surface area contributed by atoms with Gasteiger partial charge in [-0.3, -0.25) is 4.79 Å². The smallest absolute Gasteiger partial charge is 0.203 e. The van der Waals surface area contributed by atoms with Gasteiger partial charge in [-0.15, -0.1) is 11.3 Å². The Bertz CT molecular complexity index is 494. The summed E-state index contributed by atoms with van der Waals surface area (Å²) in [5.41, 5.74) is 3.11. The third-order valence-electron chi connectivity index (χ3n) is 2.69. The number of ketones is 1. The molecule has 0 atom stereocenters. The summed E-state index contributed by atoms with van der Waals surface area (Å²) in [4.78, 5) is 13.0. The molecule has 0 saturated heterocycles. The lowest BCUT2D eigenvalue weighted by molar-refractivity contribution is 0.104. The average molecular weight is 230 g/mol. The van der Waals surface area contributed by atoms with Crippen LogP contribution < -0.4 is 0 Å². The van der Waals surface area contributed by atoms with Crippen LogP contribution in [0.3, 0.4) is 0 Å². The number of carbonyl (C=O) groups excluding carboxylic acids is 1. The third kappa shape index (κ3) is 2.07. The number of hydrogen-bond donors (Lipinski definition) is 0. The average Bonchev–Trinajstić information content (AvgIpc) is 2.75. The molecule has 0 fully saturated rings. The number of carbonyl (C=O) groups is 1. The van der Waals surface area contributed by atoms with Crippen LogP contribution in [0.1, 0.15) is 33.3 Å². The maximum absolute atomic E-state index is 12.1. The minimum Gasteiger partial charge on any atom is -0.288 e. The minimum absolute atomic E-state index is 0.134. The zero-order valence-electron chi connectivity index (χ0n) is 9.49. The van der Waals surface area contributed by atoms with Crippen LogP contribution in [0.2, 0.25) is 0 Å². The van der Waals surface area contributed by atoms with Crippen LogP contribution in [0.5, 0.6) is 0 Å². The van der Waals surface area contributed by atoms with Gasteiger partial charge in [0.15, 0.2) is 0 Å². The Kier molecular flexibility index (Phi) is 3.20. The van der Waals surface area contributed by atoms with Crippen molar-refractivity contribution in [3.05, 3.63) is 57.3 Å². The largest absolute Gasteiger partial charge is 0.288 e. The highest BCUT2D eigenvalue weighted by atomic mass is 32.1. The van der Waals surface area contributed by atoms with Crippen molar-refractivity contribution in [3.8, 4) is 0 Å². The van der Waals surface area contributed by atoms with Crippen molar-refractivity contribution in [2.45, 2.75) is 20.3 Å². The maximum Gasteiger partial charge on any atom is 0.203 e. The van der Waals surface area contributed by atoms with Gasteiger partial charge in [-0.05, 0) is 35.9 Å². The Morgan fingerprint density at radius 3 is 2.38 bits per heavy atom. The Balaban J connectivity index is 2.31. The lowest BCUT2D eigenvalue weighted by Crippen LogP contribution is -2.00. The first-order chi connectivity index (χ1) is 7.72. The molecule has 1 heterocycles. The second-order valence-electron chi connectivity index (χ2n) is 3.81. The van der Waals surface area contributed by atoms with Gasteiger partial charge in [0.2, 0.25) is 5.78 Å². The Morgan fingerprint density at radius 2 is 1.88 bits per heavy atom. The normalized spacial score (nSPS) is 10.4. The van der Waals surface area contributed by atoms with Crippen molar-refractivity contribution in [3.63, 3.8) is 0 Å². The summed E-state index contributed by atoms with van der Waals surface area (Å²) in [5.74, 6) is 0.134. The van der Waals surface area contributed by atoms with Gasteiger partial charge in [-0.25, -0.2) is 0 Å². The molecule has 0 spiro atoms. The van der Waals surface area contributed by atoms with Crippen LogP contribution in [0.25, 0.3) is 0 Å². The van der Waals surface area contributed by atoms with Crippen molar-refractivity contribution in [2.75, 3.05) is 0 Å². The molecule has 16 heavy (non-hydrogen) atoms.